The van der Waals surface area contributed by atoms with Crippen LogP contribution in [0.25, 0.3) is 0 Å². The summed E-state index contributed by atoms with van der Waals surface area (Å²) >= 11 is 12.2. The van der Waals surface area contributed by atoms with Gasteiger partial charge in [-0.05, 0) is 18.2 Å². The van der Waals surface area contributed by atoms with Crippen LogP contribution in [-0.4, -0.2) is 30.0 Å². The Labute approximate surface area is 159 Å². The molecule has 12 heteroatoms. The molecule has 0 saturated carbocycles. The predicted molar refractivity (Wildman–Crippen MR) is 92.9 cm³/mol. The van der Waals surface area contributed by atoms with Crippen molar-refractivity contribution >= 4 is 51.6 Å². The number of aromatic nitrogens is 1. The molecule has 0 aliphatic carbocycles. The summed E-state index contributed by atoms with van der Waals surface area (Å²) in [6.07, 6.45) is -4.57. The third-order valence-corrected chi connectivity index (χ3v) is 4.39. The summed E-state index contributed by atoms with van der Waals surface area (Å²) in [5.41, 5.74) is -0.780. The van der Waals surface area contributed by atoms with E-state index in [0.717, 1.165) is 5.38 Å². The van der Waals surface area contributed by atoms with Crippen LogP contribution in [0.15, 0.2) is 23.6 Å². The van der Waals surface area contributed by atoms with Crippen molar-refractivity contribution in [2.45, 2.75) is 6.18 Å². The van der Waals surface area contributed by atoms with Crippen LogP contribution >= 0.6 is 34.5 Å². The van der Waals surface area contributed by atoms with E-state index >= 15 is 0 Å². The predicted octanol–water partition coefficient (Wildman–Crippen LogP) is 4.02. The second-order valence-corrected chi connectivity index (χ2v) is 6.47. The molecule has 0 saturated heterocycles. The van der Waals surface area contributed by atoms with Crippen LogP contribution in [0.5, 0.6) is 0 Å². The molecule has 26 heavy (non-hydrogen) atoms. The molecule has 0 atom stereocenters. The first kappa shape index (κ1) is 20.3. The van der Waals surface area contributed by atoms with Crippen molar-refractivity contribution in [3.8, 4) is 0 Å². The largest absolute Gasteiger partial charge is 0.434 e. The molecule has 0 aliphatic heterocycles. The van der Waals surface area contributed by atoms with E-state index in [1.807, 2.05) is 0 Å². The van der Waals surface area contributed by atoms with E-state index in [1.165, 1.54) is 18.2 Å². The molecule has 140 valence electrons. The Balaban J connectivity index is 1.73. The van der Waals surface area contributed by atoms with E-state index in [0.29, 0.717) is 21.9 Å². The van der Waals surface area contributed by atoms with Crippen molar-refractivity contribution in [3.63, 3.8) is 0 Å². The van der Waals surface area contributed by atoms with Crippen molar-refractivity contribution in [2.75, 3.05) is 18.4 Å². The third-order valence-electron chi connectivity index (χ3n) is 2.89. The lowest BCUT2D eigenvalue weighted by Crippen LogP contribution is -2.36. The number of hydrogen-bond donors (Lipinski definition) is 3. The van der Waals surface area contributed by atoms with Gasteiger partial charge in [0.15, 0.2) is 10.8 Å². The number of carbonyl (C=O) groups excluding carboxylic acids is 2. The van der Waals surface area contributed by atoms with E-state index in [9.17, 15) is 22.8 Å². The first-order valence-electron chi connectivity index (χ1n) is 6.97. The van der Waals surface area contributed by atoms with Crippen molar-refractivity contribution in [1.29, 1.82) is 0 Å². The van der Waals surface area contributed by atoms with Crippen LogP contribution < -0.4 is 16.0 Å². The van der Waals surface area contributed by atoms with Gasteiger partial charge < -0.3 is 10.6 Å². The Hall–Kier alpha value is -2.04. The molecule has 2 aromatic rings. The number of benzene rings is 1. The van der Waals surface area contributed by atoms with Crippen LogP contribution in [0.4, 0.5) is 23.1 Å². The molecule has 0 radical (unpaired) electrons. The maximum atomic E-state index is 12.4. The number of urea groups is 1. The van der Waals surface area contributed by atoms with Gasteiger partial charge in [0.1, 0.15) is 0 Å². The van der Waals surface area contributed by atoms with Gasteiger partial charge in [0.25, 0.3) is 5.91 Å². The van der Waals surface area contributed by atoms with Crippen molar-refractivity contribution in [3.05, 3.63) is 44.9 Å². The minimum atomic E-state index is -4.57. The highest BCUT2D eigenvalue weighted by Crippen LogP contribution is 2.31. The van der Waals surface area contributed by atoms with E-state index in [2.05, 4.69) is 20.9 Å². The topological polar surface area (TPSA) is 83.1 Å². The number of carbonyl (C=O) groups is 2. The van der Waals surface area contributed by atoms with E-state index in [4.69, 9.17) is 23.2 Å². The second-order valence-electron chi connectivity index (χ2n) is 4.80. The van der Waals surface area contributed by atoms with Crippen molar-refractivity contribution in [1.82, 2.24) is 15.6 Å². The van der Waals surface area contributed by atoms with Crippen LogP contribution in [0.3, 0.4) is 0 Å². The number of hydrogen-bond acceptors (Lipinski definition) is 4. The molecular formula is C14H11Cl2F3N4O2S. The number of nitrogens with one attached hydrogen (secondary N) is 3. The lowest BCUT2D eigenvalue weighted by atomic mass is 10.2. The number of thiazole rings is 1. The highest BCUT2D eigenvalue weighted by Gasteiger charge is 2.33. The quantitative estimate of drug-likeness (QED) is 0.631. The van der Waals surface area contributed by atoms with Gasteiger partial charge in [-0.25, -0.2) is 9.78 Å². The summed E-state index contributed by atoms with van der Waals surface area (Å²) in [7, 11) is 0. The molecule has 6 nitrogen and oxygen atoms in total. The third kappa shape index (κ3) is 5.75. The van der Waals surface area contributed by atoms with Crippen molar-refractivity contribution in [2.24, 2.45) is 0 Å². The summed E-state index contributed by atoms with van der Waals surface area (Å²) in [5.74, 6) is -0.416. The Morgan fingerprint density at radius 2 is 1.81 bits per heavy atom. The van der Waals surface area contributed by atoms with Crippen LogP contribution in [0, 0.1) is 0 Å². The Morgan fingerprint density at radius 1 is 1.12 bits per heavy atom. The van der Waals surface area contributed by atoms with Crippen LogP contribution in [-0.2, 0) is 6.18 Å². The van der Waals surface area contributed by atoms with Gasteiger partial charge >= 0.3 is 12.2 Å². The van der Waals surface area contributed by atoms with Gasteiger partial charge in [-0.15, -0.1) is 11.3 Å². The van der Waals surface area contributed by atoms with E-state index in [1.54, 1.807) is 0 Å². The Kier molecular flexibility index (Phi) is 6.68. The molecule has 1 aromatic carbocycles. The summed E-state index contributed by atoms with van der Waals surface area (Å²) < 4.78 is 37.2. The highest BCUT2D eigenvalue weighted by atomic mass is 35.5. The van der Waals surface area contributed by atoms with Crippen LogP contribution in [0.1, 0.15) is 16.1 Å². The molecule has 2 rings (SSSR count). The highest BCUT2D eigenvalue weighted by molar-refractivity contribution is 7.13. The first-order valence-corrected chi connectivity index (χ1v) is 8.61. The number of halogens is 5. The fourth-order valence-electron chi connectivity index (χ4n) is 1.69. The van der Waals surface area contributed by atoms with Gasteiger partial charge in [0, 0.05) is 24.0 Å². The smallest absolute Gasteiger partial charge is 0.350 e. The minimum absolute atomic E-state index is 0.0520. The van der Waals surface area contributed by atoms with Gasteiger partial charge in [0.2, 0.25) is 0 Å². The maximum absolute atomic E-state index is 12.4. The summed E-state index contributed by atoms with van der Waals surface area (Å²) in [4.78, 5) is 26.7. The van der Waals surface area contributed by atoms with Gasteiger partial charge in [0.05, 0.1) is 10.0 Å². The normalized spacial score (nSPS) is 11.1. The lowest BCUT2D eigenvalue weighted by molar-refractivity contribution is -0.140. The zero-order valence-corrected chi connectivity index (χ0v) is 15.1. The van der Waals surface area contributed by atoms with Gasteiger partial charge in [-0.2, -0.15) is 13.2 Å². The molecule has 0 aliphatic rings. The summed E-state index contributed by atoms with van der Waals surface area (Å²) in [5, 5.41) is 8.27. The molecular weight excluding hydrogens is 416 g/mol. The fourth-order valence-corrected chi connectivity index (χ4v) is 2.70. The number of anilines is 1. The van der Waals surface area contributed by atoms with E-state index in [-0.39, 0.29) is 23.2 Å². The van der Waals surface area contributed by atoms with E-state index < -0.39 is 23.8 Å². The first-order chi connectivity index (χ1) is 12.2. The average molecular weight is 427 g/mol. The molecule has 0 fully saturated rings. The second kappa shape index (κ2) is 8.56. The summed E-state index contributed by atoms with van der Waals surface area (Å²) in [6, 6.07) is 3.63. The number of amides is 3. The lowest BCUT2D eigenvalue weighted by Gasteiger charge is -2.08. The average Bonchev–Trinajstić information content (AvgIpc) is 3.02. The summed E-state index contributed by atoms with van der Waals surface area (Å²) in [6.45, 7) is 0.147. The Bertz CT molecular complexity index is 814. The molecule has 3 amide bonds. The van der Waals surface area contributed by atoms with Gasteiger partial charge in [-0.3, -0.25) is 10.1 Å². The number of rotatable bonds is 5. The number of alkyl halides is 3. The minimum Gasteiger partial charge on any atom is -0.350 e. The van der Waals surface area contributed by atoms with Crippen molar-refractivity contribution < 1.29 is 22.8 Å². The maximum Gasteiger partial charge on any atom is 0.434 e. The molecule has 3 N–H and O–H groups in total. The molecule has 1 aromatic heterocycles. The number of nitrogens with zero attached hydrogens (tertiary/aromatic N) is 1. The molecule has 0 spiro atoms. The zero-order valence-electron chi connectivity index (χ0n) is 12.8. The SMILES string of the molecule is O=C(NCCNC(=O)c1ccc(Cl)c(Cl)c1)Nc1nc(C(F)(F)F)cs1. The van der Waals surface area contributed by atoms with Gasteiger partial charge in [-0.1, -0.05) is 23.2 Å². The fraction of sp³-hybridized carbons (Fsp3) is 0.214. The standard InChI is InChI=1S/C14H11Cl2F3N4O2S/c15-8-2-1-7(5-9(8)16)11(24)20-3-4-21-12(25)23-13-22-10(6-26-13)14(17,18)19/h1-2,5-6H,3-4H2,(H,20,24)(H2,21,22,23,25). The molecule has 0 unspecified atom stereocenters. The van der Waals surface area contributed by atoms with Crippen LogP contribution in [0.2, 0.25) is 10.0 Å². The molecule has 0 bridgehead atoms. The zero-order chi connectivity index (χ0) is 19.3. The monoisotopic (exact) mass is 426 g/mol. The Morgan fingerprint density at radius 3 is 2.42 bits per heavy atom. The molecule has 1 heterocycles.